The maximum atomic E-state index is 13.1. The number of nitrogens with zero attached hydrogens (tertiary/aromatic N) is 2. The van der Waals surface area contributed by atoms with Gasteiger partial charge in [-0.15, -0.1) is 0 Å². The summed E-state index contributed by atoms with van der Waals surface area (Å²) < 4.78 is 61.4. The van der Waals surface area contributed by atoms with Gasteiger partial charge in [-0.3, -0.25) is 5.43 Å². The van der Waals surface area contributed by atoms with Gasteiger partial charge in [0.05, 0.1) is 11.3 Å². The van der Waals surface area contributed by atoms with Crippen LogP contribution in [0, 0.1) is 5.82 Å². The first-order valence-corrected chi connectivity index (χ1v) is 9.04. The fourth-order valence-corrected chi connectivity index (χ4v) is 1.75. The smallest absolute Gasteiger partial charge is 0.428 e. The minimum atomic E-state index is -4.68. The number of anilines is 1. The van der Waals surface area contributed by atoms with Crippen molar-refractivity contribution in [2.24, 2.45) is 5.84 Å². The normalized spacial score (nSPS) is 11.6. The van der Waals surface area contributed by atoms with E-state index in [1.165, 1.54) is 14.1 Å². The van der Waals surface area contributed by atoms with Gasteiger partial charge < -0.3 is 9.47 Å². The van der Waals surface area contributed by atoms with Crippen LogP contribution in [0.1, 0.15) is 47.1 Å². The molecule has 0 aliphatic carbocycles. The topological polar surface area (TPSA) is 97.1 Å². The van der Waals surface area contributed by atoms with E-state index in [1.54, 1.807) is 41.5 Å². The van der Waals surface area contributed by atoms with E-state index in [2.05, 4.69) is 5.43 Å². The lowest BCUT2D eigenvalue weighted by atomic mass is 10.1. The number of benzene rings is 1. The third kappa shape index (κ3) is 11.9. The molecule has 0 spiro atoms. The second-order valence-corrected chi connectivity index (χ2v) is 8.43. The van der Waals surface area contributed by atoms with E-state index in [9.17, 15) is 27.2 Å². The highest BCUT2D eigenvalue weighted by atomic mass is 19.4. The number of nitrogens with one attached hydrogen (secondary N) is 1. The Labute approximate surface area is 179 Å². The highest BCUT2D eigenvalue weighted by Crippen LogP contribution is 2.35. The van der Waals surface area contributed by atoms with E-state index in [0.717, 1.165) is 10.0 Å². The van der Waals surface area contributed by atoms with Crippen LogP contribution < -0.4 is 11.3 Å². The molecule has 1 rings (SSSR count). The number of nitrogens with two attached hydrogens (primary N) is 1. The molecular formula is C19H30F4N4O4. The predicted octanol–water partition coefficient (Wildman–Crippen LogP) is 4.77. The van der Waals surface area contributed by atoms with Crippen molar-refractivity contribution in [2.75, 3.05) is 19.5 Å². The zero-order valence-electron chi connectivity index (χ0n) is 18.8. The molecule has 0 saturated carbocycles. The van der Waals surface area contributed by atoms with Gasteiger partial charge in [0, 0.05) is 14.1 Å². The van der Waals surface area contributed by atoms with Crippen LogP contribution in [0.2, 0.25) is 0 Å². The number of carbonyl (C=O) groups is 2. The summed E-state index contributed by atoms with van der Waals surface area (Å²) >= 11 is 0. The number of carbonyl (C=O) groups excluding carboxylic acids is 2. The number of alkyl halides is 3. The maximum absolute atomic E-state index is 13.1. The Hall–Kier alpha value is -2.76. The summed E-state index contributed by atoms with van der Waals surface area (Å²) in [6, 6.07) is 1.95. The molecule has 0 heterocycles. The predicted molar refractivity (Wildman–Crippen MR) is 107 cm³/mol. The minimum absolute atomic E-state index is 0.468. The average molecular weight is 454 g/mol. The van der Waals surface area contributed by atoms with E-state index in [4.69, 9.17) is 15.3 Å². The monoisotopic (exact) mass is 454 g/mol. The van der Waals surface area contributed by atoms with Gasteiger partial charge in [0.1, 0.15) is 17.0 Å². The molecular weight excluding hydrogens is 424 g/mol. The van der Waals surface area contributed by atoms with Crippen LogP contribution in [0.3, 0.4) is 0 Å². The fourth-order valence-electron chi connectivity index (χ4n) is 1.75. The van der Waals surface area contributed by atoms with Gasteiger partial charge in [-0.25, -0.2) is 29.8 Å². The Bertz CT molecular complexity index is 757. The Morgan fingerprint density at radius 1 is 0.935 bits per heavy atom. The van der Waals surface area contributed by atoms with Crippen molar-refractivity contribution in [3.63, 3.8) is 0 Å². The minimum Gasteiger partial charge on any atom is -0.443 e. The largest absolute Gasteiger partial charge is 0.443 e. The van der Waals surface area contributed by atoms with Crippen molar-refractivity contribution in [2.45, 2.75) is 58.9 Å². The SMILES string of the molecule is CN(N)C(=O)OC(C)(C)C.CN(Nc1cc(F)ccc1C(F)(F)F)C(=O)OC(C)(C)C. The molecule has 0 aliphatic rings. The van der Waals surface area contributed by atoms with Crippen molar-refractivity contribution in [1.82, 2.24) is 10.0 Å². The molecule has 3 N–H and O–H groups in total. The number of amides is 2. The van der Waals surface area contributed by atoms with Gasteiger partial charge in [0.25, 0.3) is 0 Å². The second-order valence-electron chi connectivity index (χ2n) is 8.43. The van der Waals surface area contributed by atoms with Crippen molar-refractivity contribution in [1.29, 1.82) is 0 Å². The average Bonchev–Trinajstić information content (AvgIpc) is 2.50. The van der Waals surface area contributed by atoms with Gasteiger partial charge in [0.15, 0.2) is 0 Å². The van der Waals surface area contributed by atoms with Crippen LogP contribution in [0.15, 0.2) is 18.2 Å². The molecule has 0 atom stereocenters. The van der Waals surface area contributed by atoms with Gasteiger partial charge >= 0.3 is 18.4 Å². The highest BCUT2D eigenvalue weighted by Gasteiger charge is 2.34. The molecule has 0 unspecified atom stereocenters. The summed E-state index contributed by atoms with van der Waals surface area (Å²) in [6.07, 6.45) is -6.09. The highest BCUT2D eigenvalue weighted by molar-refractivity contribution is 5.70. The van der Waals surface area contributed by atoms with Crippen LogP contribution in [0.4, 0.5) is 32.8 Å². The molecule has 8 nitrogen and oxygen atoms in total. The summed E-state index contributed by atoms with van der Waals surface area (Å²) in [5.74, 6) is 4.24. The molecule has 0 radical (unpaired) electrons. The summed E-state index contributed by atoms with van der Waals surface area (Å²) in [4.78, 5) is 22.4. The van der Waals surface area contributed by atoms with E-state index in [-0.39, 0.29) is 0 Å². The zero-order chi connectivity index (χ0) is 24.8. The second kappa shape index (κ2) is 10.5. The quantitative estimate of drug-likeness (QED) is 0.289. The third-order valence-corrected chi connectivity index (χ3v) is 2.92. The molecule has 0 bridgehead atoms. The zero-order valence-corrected chi connectivity index (χ0v) is 18.8. The molecule has 178 valence electrons. The molecule has 2 amide bonds. The Morgan fingerprint density at radius 2 is 1.39 bits per heavy atom. The number of hydrogen-bond acceptors (Lipinski definition) is 6. The van der Waals surface area contributed by atoms with Gasteiger partial charge in [0.2, 0.25) is 0 Å². The Kier molecular flexibility index (Phi) is 9.58. The van der Waals surface area contributed by atoms with Gasteiger partial charge in [-0.2, -0.15) is 13.2 Å². The summed E-state index contributed by atoms with van der Waals surface area (Å²) in [5.41, 5.74) is -0.750. The molecule has 0 aromatic heterocycles. The van der Waals surface area contributed by atoms with Gasteiger partial charge in [-0.1, -0.05) is 0 Å². The first-order chi connectivity index (χ1) is 13.7. The van der Waals surface area contributed by atoms with E-state index >= 15 is 0 Å². The molecule has 1 aromatic carbocycles. The third-order valence-electron chi connectivity index (χ3n) is 2.92. The van der Waals surface area contributed by atoms with Crippen molar-refractivity contribution >= 4 is 17.9 Å². The lowest BCUT2D eigenvalue weighted by Crippen LogP contribution is -2.38. The van der Waals surface area contributed by atoms with E-state index in [0.29, 0.717) is 18.2 Å². The van der Waals surface area contributed by atoms with E-state index in [1.807, 2.05) is 0 Å². The number of ether oxygens (including phenoxy) is 2. The fraction of sp³-hybridized carbons (Fsp3) is 0.579. The maximum Gasteiger partial charge on any atom is 0.428 e. The first-order valence-electron chi connectivity index (χ1n) is 9.04. The molecule has 12 heteroatoms. The van der Waals surface area contributed by atoms with Crippen LogP contribution in [-0.4, -0.2) is 47.5 Å². The van der Waals surface area contributed by atoms with Crippen LogP contribution >= 0.6 is 0 Å². The van der Waals surface area contributed by atoms with E-state index < -0.39 is 46.6 Å². The van der Waals surface area contributed by atoms with Crippen molar-refractivity contribution in [3.05, 3.63) is 29.6 Å². The molecule has 0 saturated heterocycles. The molecule has 0 aliphatic heterocycles. The molecule has 0 fully saturated rings. The summed E-state index contributed by atoms with van der Waals surface area (Å²) in [7, 11) is 2.62. The standard InChI is InChI=1S/C13H16F4N2O2.C6H14N2O2/c1-12(2,3)21-11(20)19(4)18-10-7-8(14)5-6-9(10)13(15,16)17;1-6(2,3)10-5(9)8(4)7/h5-7,18H,1-4H3;7H2,1-4H3. The molecule has 31 heavy (non-hydrogen) atoms. The Morgan fingerprint density at radius 3 is 1.74 bits per heavy atom. The van der Waals surface area contributed by atoms with Crippen LogP contribution in [0.5, 0.6) is 0 Å². The lowest BCUT2D eigenvalue weighted by molar-refractivity contribution is -0.137. The Balaban J connectivity index is 0.000000759. The van der Waals surface area contributed by atoms with Crippen LogP contribution in [0.25, 0.3) is 0 Å². The summed E-state index contributed by atoms with van der Waals surface area (Å²) in [5, 5.41) is 1.63. The number of rotatable bonds is 2. The van der Waals surface area contributed by atoms with Gasteiger partial charge in [-0.05, 0) is 59.7 Å². The van der Waals surface area contributed by atoms with Crippen LogP contribution in [-0.2, 0) is 15.7 Å². The summed E-state index contributed by atoms with van der Waals surface area (Å²) in [6.45, 7) is 10.2. The number of halogens is 4. The van der Waals surface area contributed by atoms with Crippen molar-refractivity contribution < 1.29 is 36.6 Å². The molecule has 1 aromatic rings. The number of hydrogen-bond donors (Lipinski definition) is 2. The van der Waals surface area contributed by atoms with Crippen molar-refractivity contribution in [3.8, 4) is 0 Å². The first kappa shape index (κ1) is 28.2. The number of hydrazine groups is 2. The lowest BCUT2D eigenvalue weighted by Gasteiger charge is -2.26.